The molecule has 2 amide bonds. The highest BCUT2D eigenvalue weighted by Crippen LogP contribution is 2.24. The van der Waals surface area contributed by atoms with Gasteiger partial charge in [-0.3, -0.25) is 9.59 Å². The Morgan fingerprint density at radius 3 is 2.15 bits per heavy atom. The number of para-hydroxylation sites is 1. The van der Waals surface area contributed by atoms with E-state index in [9.17, 15) is 9.59 Å². The molecule has 33 heavy (non-hydrogen) atoms. The second kappa shape index (κ2) is 8.72. The molecule has 2 N–H and O–H groups in total. The molecule has 0 saturated carbocycles. The second-order valence-corrected chi connectivity index (χ2v) is 7.11. The van der Waals surface area contributed by atoms with Crippen molar-refractivity contribution < 1.29 is 18.4 Å². The molecule has 0 unspecified atom stereocenters. The van der Waals surface area contributed by atoms with Crippen molar-refractivity contribution in [1.82, 2.24) is 9.78 Å². The molecule has 0 aliphatic rings. The highest BCUT2D eigenvalue weighted by molar-refractivity contribution is 6.05. The first-order chi connectivity index (χ1) is 16.2. The molecule has 0 bridgehead atoms. The van der Waals surface area contributed by atoms with Gasteiger partial charge >= 0.3 is 0 Å². The summed E-state index contributed by atoms with van der Waals surface area (Å²) in [5.74, 6) is 0.00964. The minimum Gasteiger partial charge on any atom is -0.463 e. The number of hydrogen-bond donors (Lipinski definition) is 2. The largest absolute Gasteiger partial charge is 0.463 e. The van der Waals surface area contributed by atoms with Crippen LogP contribution in [-0.4, -0.2) is 21.6 Å². The van der Waals surface area contributed by atoms with Gasteiger partial charge in [0.25, 0.3) is 11.8 Å². The predicted molar refractivity (Wildman–Crippen MR) is 122 cm³/mol. The first-order valence-corrected chi connectivity index (χ1v) is 10.1. The lowest BCUT2D eigenvalue weighted by atomic mass is 10.2. The SMILES string of the molecule is O=C(Nc1cccc(NC(=O)c2cc(-c3ccco3)nn2-c2ccccc2)c1)c1ccco1. The zero-order valence-corrected chi connectivity index (χ0v) is 17.3. The van der Waals surface area contributed by atoms with Gasteiger partial charge in [0.1, 0.15) is 11.4 Å². The number of nitrogens with one attached hydrogen (secondary N) is 2. The van der Waals surface area contributed by atoms with E-state index >= 15 is 0 Å². The van der Waals surface area contributed by atoms with Crippen molar-refractivity contribution in [2.75, 3.05) is 10.6 Å². The van der Waals surface area contributed by atoms with Crippen molar-refractivity contribution >= 4 is 23.2 Å². The van der Waals surface area contributed by atoms with E-state index < -0.39 is 0 Å². The lowest BCUT2D eigenvalue weighted by Gasteiger charge is -2.10. The van der Waals surface area contributed by atoms with Gasteiger partial charge in [0.2, 0.25) is 0 Å². The van der Waals surface area contributed by atoms with Crippen LogP contribution in [0.2, 0.25) is 0 Å². The summed E-state index contributed by atoms with van der Waals surface area (Å²) in [6.07, 6.45) is 2.98. The molecule has 2 aromatic carbocycles. The fraction of sp³-hybridized carbons (Fsp3) is 0. The number of nitrogens with zero attached hydrogens (tertiary/aromatic N) is 2. The first-order valence-electron chi connectivity index (χ1n) is 10.1. The van der Waals surface area contributed by atoms with Gasteiger partial charge in [-0.25, -0.2) is 4.68 Å². The van der Waals surface area contributed by atoms with E-state index in [1.807, 2.05) is 30.3 Å². The van der Waals surface area contributed by atoms with Crippen molar-refractivity contribution in [3.63, 3.8) is 0 Å². The third-order valence-corrected chi connectivity index (χ3v) is 4.84. The average molecular weight is 438 g/mol. The number of carbonyl (C=O) groups excluding carboxylic acids is 2. The first kappa shape index (κ1) is 20.1. The van der Waals surface area contributed by atoms with Crippen LogP contribution in [0.1, 0.15) is 21.0 Å². The van der Waals surface area contributed by atoms with Crippen LogP contribution in [0.25, 0.3) is 17.1 Å². The highest BCUT2D eigenvalue weighted by Gasteiger charge is 2.19. The molecule has 0 radical (unpaired) electrons. The summed E-state index contributed by atoms with van der Waals surface area (Å²) in [4.78, 5) is 25.4. The molecule has 3 aromatic heterocycles. The van der Waals surface area contributed by atoms with Crippen LogP contribution in [0.3, 0.4) is 0 Å². The number of amides is 2. The maximum absolute atomic E-state index is 13.2. The summed E-state index contributed by atoms with van der Waals surface area (Å²) in [7, 11) is 0. The lowest BCUT2D eigenvalue weighted by Crippen LogP contribution is -2.17. The zero-order chi connectivity index (χ0) is 22.6. The fourth-order valence-electron chi connectivity index (χ4n) is 3.32. The third kappa shape index (κ3) is 4.31. The predicted octanol–water partition coefficient (Wildman–Crippen LogP) is 5.23. The molecule has 8 nitrogen and oxygen atoms in total. The van der Waals surface area contributed by atoms with E-state index in [0.717, 1.165) is 5.69 Å². The van der Waals surface area contributed by atoms with Crippen LogP contribution in [0.5, 0.6) is 0 Å². The molecule has 3 heterocycles. The van der Waals surface area contributed by atoms with Crippen molar-refractivity contribution in [2.45, 2.75) is 0 Å². The van der Waals surface area contributed by atoms with Crippen LogP contribution in [0.4, 0.5) is 11.4 Å². The van der Waals surface area contributed by atoms with Crippen LogP contribution in [-0.2, 0) is 0 Å². The zero-order valence-electron chi connectivity index (χ0n) is 17.3. The van der Waals surface area contributed by atoms with Crippen LogP contribution in [0, 0.1) is 0 Å². The van der Waals surface area contributed by atoms with Crippen LogP contribution in [0.15, 0.2) is 106 Å². The molecule has 162 valence electrons. The number of carbonyl (C=O) groups is 2. The molecule has 5 rings (SSSR count). The average Bonchev–Trinajstić information content (AvgIpc) is 3.61. The standard InChI is InChI=1S/C25H18N4O4/c30-24(26-17-7-4-8-18(15-17)27-25(31)23-12-6-14-33-23)21-16-20(22-11-5-13-32-22)28-29(21)19-9-2-1-3-10-19/h1-16H,(H,26,30)(H,27,31). The Morgan fingerprint density at radius 2 is 1.45 bits per heavy atom. The molecule has 0 aliphatic carbocycles. The maximum atomic E-state index is 13.2. The highest BCUT2D eigenvalue weighted by atomic mass is 16.3. The number of aromatic nitrogens is 2. The van der Waals surface area contributed by atoms with Crippen molar-refractivity contribution in [3.05, 3.63) is 109 Å². The van der Waals surface area contributed by atoms with Gasteiger partial charge in [-0.2, -0.15) is 5.10 Å². The third-order valence-electron chi connectivity index (χ3n) is 4.84. The molecule has 0 atom stereocenters. The number of anilines is 2. The molecule has 0 aliphatic heterocycles. The van der Waals surface area contributed by atoms with Crippen molar-refractivity contribution in [1.29, 1.82) is 0 Å². The van der Waals surface area contributed by atoms with Gasteiger partial charge < -0.3 is 19.5 Å². The monoisotopic (exact) mass is 438 g/mol. The molecule has 5 aromatic rings. The van der Waals surface area contributed by atoms with Gasteiger partial charge in [0.15, 0.2) is 11.5 Å². The Labute approximate surface area is 188 Å². The van der Waals surface area contributed by atoms with Crippen molar-refractivity contribution in [3.8, 4) is 17.1 Å². The maximum Gasteiger partial charge on any atom is 0.291 e. The summed E-state index contributed by atoms with van der Waals surface area (Å²) in [5.41, 5.74) is 2.63. The smallest absolute Gasteiger partial charge is 0.291 e. The Kier molecular flexibility index (Phi) is 5.30. The van der Waals surface area contributed by atoms with Gasteiger partial charge in [-0.1, -0.05) is 24.3 Å². The molecular formula is C25H18N4O4. The minimum absolute atomic E-state index is 0.196. The summed E-state index contributed by atoms with van der Waals surface area (Å²) in [6, 6.07) is 24.6. The fourth-order valence-corrected chi connectivity index (χ4v) is 3.32. The number of hydrogen-bond acceptors (Lipinski definition) is 5. The van der Waals surface area contributed by atoms with E-state index in [1.165, 1.54) is 6.26 Å². The minimum atomic E-state index is -0.381. The van der Waals surface area contributed by atoms with Crippen LogP contribution < -0.4 is 10.6 Å². The molecule has 0 spiro atoms. The summed E-state index contributed by atoms with van der Waals surface area (Å²) >= 11 is 0. The van der Waals surface area contributed by atoms with Gasteiger partial charge in [-0.05, 0) is 54.6 Å². The van der Waals surface area contributed by atoms with E-state index in [1.54, 1.807) is 65.5 Å². The Bertz CT molecular complexity index is 1390. The van der Waals surface area contributed by atoms with Crippen LogP contribution >= 0.6 is 0 Å². The Balaban J connectivity index is 1.41. The van der Waals surface area contributed by atoms with Gasteiger partial charge in [0, 0.05) is 17.4 Å². The Hall–Kier alpha value is -4.85. The normalized spacial score (nSPS) is 10.7. The van der Waals surface area contributed by atoms with Crippen molar-refractivity contribution in [2.24, 2.45) is 0 Å². The summed E-state index contributed by atoms with van der Waals surface area (Å²) in [5, 5.41) is 10.2. The van der Waals surface area contributed by atoms with E-state index in [0.29, 0.717) is 28.5 Å². The lowest BCUT2D eigenvalue weighted by molar-refractivity contribution is 0.0994. The quantitative estimate of drug-likeness (QED) is 0.378. The topological polar surface area (TPSA) is 102 Å². The molecule has 0 fully saturated rings. The number of benzene rings is 2. The second-order valence-electron chi connectivity index (χ2n) is 7.11. The van der Waals surface area contributed by atoms with E-state index in [-0.39, 0.29) is 17.6 Å². The Morgan fingerprint density at radius 1 is 0.727 bits per heavy atom. The number of rotatable bonds is 6. The molecule has 0 saturated heterocycles. The summed E-state index contributed by atoms with van der Waals surface area (Å²) < 4.78 is 12.1. The molecular weight excluding hydrogens is 420 g/mol. The van der Waals surface area contributed by atoms with Gasteiger partial charge in [-0.15, -0.1) is 0 Å². The van der Waals surface area contributed by atoms with E-state index in [4.69, 9.17) is 8.83 Å². The molecule has 8 heteroatoms. The van der Waals surface area contributed by atoms with E-state index in [2.05, 4.69) is 15.7 Å². The van der Waals surface area contributed by atoms with Gasteiger partial charge in [0.05, 0.1) is 18.2 Å². The summed E-state index contributed by atoms with van der Waals surface area (Å²) in [6.45, 7) is 0. The number of furan rings is 2.